The predicted molar refractivity (Wildman–Crippen MR) is 109 cm³/mol. The van der Waals surface area contributed by atoms with Gasteiger partial charge in [-0.25, -0.2) is 4.39 Å². The molecule has 3 atom stereocenters. The van der Waals surface area contributed by atoms with Crippen LogP contribution in [0.25, 0.3) is 0 Å². The van der Waals surface area contributed by atoms with E-state index in [1.54, 1.807) is 29.2 Å². The van der Waals surface area contributed by atoms with Crippen molar-refractivity contribution in [1.29, 1.82) is 0 Å². The number of amides is 1. The van der Waals surface area contributed by atoms with Crippen LogP contribution < -0.4 is 0 Å². The minimum Gasteiger partial charge on any atom is -0.396 e. The molecule has 0 spiro atoms. The predicted octanol–water partition coefficient (Wildman–Crippen LogP) is 4.19. The molecule has 152 valence electrons. The Balaban J connectivity index is 0.000000261. The molecule has 1 unspecified atom stereocenters. The first kappa shape index (κ1) is 22.1. The van der Waals surface area contributed by atoms with Gasteiger partial charge in [0.05, 0.1) is 18.8 Å². The first-order valence-electron chi connectivity index (χ1n) is 9.70. The zero-order valence-corrected chi connectivity index (χ0v) is 16.5. The molecule has 28 heavy (non-hydrogen) atoms. The summed E-state index contributed by atoms with van der Waals surface area (Å²) in [6, 6.07) is 6.00. The third-order valence-corrected chi connectivity index (χ3v) is 5.28. The molecule has 0 aliphatic carbocycles. The Morgan fingerprint density at radius 3 is 2.46 bits per heavy atom. The zero-order valence-electron chi connectivity index (χ0n) is 16.5. The Kier molecular flexibility index (Phi) is 8.61. The summed E-state index contributed by atoms with van der Waals surface area (Å²) in [7, 11) is 0. The summed E-state index contributed by atoms with van der Waals surface area (Å²) in [4.78, 5) is 12.9. The molecule has 0 saturated carbocycles. The maximum Gasteiger partial charge on any atom is 0.210 e. The monoisotopic (exact) mass is 387 g/mol. The average Bonchev–Trinajstić information content (AvgIpc) is 2.74. The van der Waals surface area contributed by atoms with Crippen molar-refractivity contribution in [1.82, 2.24) is 4.90 Å². The van der Waals surface area contributed by atoms with E-state index in [4.69, 9.17) is 9.84 Å². The summed E-state index contributed by atoms with van der Waals surface area (Å²) < 4.78 is 18.3. The number of rotatable bonds is 5. The Morgan fingerprint density at radius 2 is 1.96 bits per heavy atom. The van der Waals surface area contributed by atoms with Gasteiger partial charge in [-0.1, -0.05) is 37.4 Å². The van der Waals surface area contributed by atoms with Crippen LogP contribution in [0.5, 0.6) is 0 Å². The Bertz CT molecular complexity index is 690. The van der Waals surface area contributed by atoms with E-state index < -0.39 is 0 Å². The third kappa shape index (κ3) is 5.63. The van der Waals surface area contributed by atoms with Gasteiger partial charge in [0, 0.05) is 19.1 Å². The van der Waals surface area contributed by atoms with Crippen LogP contribution >= 0.6 is 0 Å². The number of aliphatic hydroxyl groups excluding tert-OH is 1. The van der Waals surface area contributed by atoms with Crippen LogP contribution in [-0.2, 0) is 9.53 Å². The highest BCUT2D eigenvalue weighted by Gasteiger charge is 2.27. The second kappa shape index (κ2) is 10.9. The molecular formula is C23H30FNO3. The van der Waals surface area contributed by atoms with E-state index in [0.717, 1.165) is 49.0 Å². The molecule has 1 saturated heterocycles. The number of carbonyl (C=O) groups excluding carboxylic acids is 1. The molecule has 2 aliphatic rings. The molecule has 2 aliphatic heterocycles. The van der Waals surface area contributed by atoms with Crippen LogP contribution in [0.15, 0.2) is 60.7 Å². The lowest BCUT2D eigenvalue weighted by atomic mass is 9.88. The fraction of sp³-hybridized carbons (Fsp3) is 0.435. The van der Waals surface area contributed by atoms with Crippen LogP contribution in [0.4, 0.5) is 4.39 Å². The largest absolute Gasteiger partial charge is 0.396 e. The number of aliphatic hydroxyl groups is 1. The van der Waals surface area contributed by atoms with Crippen molar-refractivity contribution >= 4 is 6.41 Å². The topological polar surface area (TPSA) is 49.8 Å². The third-order valence-electron chi connectivity index (χ3n) is 5.28. The summed E-state index contributed by atoms with van der Waals surface area (Å²) in [5.74, 6) is 0.117. The molecule has 1 N–H and O–H groups in total. The molecule has 5 heteroatoms. The first-order valence-corrected chi connectivity index (χ1v) is 9.70. The number of benzene rings is 1. The number of carbonyl (C=O) groups is 1. The van der Waals surface area contributed by atoms with Crippen molar-refractivity contribution < 1.29 is 19.0 Å². The van der Waals surface area contributed by atoms with Crippen molar-refractivity contribution in [2.24, 2.45) is 5.92 Å². The highest BCUT2D eigenvalue weighted by atomic mass is 19.1. The number of ether oxygens (including phenoxy) is 1. The molecular weight excluding hydrogens is 357 g/mol. The summed E-state index contributed by atoms with van der Waals surface area (Å²) in [6.45, 7) is 11.4. The Labute approximate surface area is 167 Å². The van der Waals surface area contributed by atoms with Crippen LogP contribution in [0, 0.1) is 11.7 Å². The van der Waals surface area contributed by atoms with Crippen molar-refractivity contribution in [2.75, 3.05) is 19.8 Å². The smallest absolute Gasteiger partial charge is 0.210 e. The van der Waals surface area contributed by atoms with Gasteiger partial charge in [-0.3, -0.25) is 4.79 Å². The first-order chi connectivity index (χ1) is 13.5. The van der Waals surface area contributed by atoms with Gasteiger partial charge in [-0.05, 0) is 55.0 Å². The van der Waals surface area contributed by atoms with Crippen LogP contribution in [0.3, 0.4) is 0 Å². The van der Waals surface area contributed by atoms with Crippen molar-refractivity contribution in [3.05, 3.63) is 72.1 Å². The van der Waals surface area contributed by atoms with E-state index in [2.05, 4.69) is 20.1 Å². The van der Waals surface area contributed by atoms with E-state index in [1.807, 2.05) is 0 Å². The van der Waals surface area contributed by atoms with E-state index in [-0.39, 0.29) is 18.5 Å². The molecule has 4 nitrogen and oxygen atoms in total. The van der Waals surface area contributed by atoms with Gasteiger partial charge in [0.2, 0.25) is 6.41 Å². The normalized spacial score (nSPS) is 24.8. The summed E-state index contributed by atoms with van der Waals surface area (Å²) in [5, 5.41) is 8.70. The van der Waals surface area contributed by atoms with Crippen molar-refractivity contribution in [3.8, 4) is 0 Å². The fourth-order valence-electron chi connectivity index (χ4n) is 3.55. The molecule has 1 aromatic carbocycles. The van der Waals surface area contributed by atoms with E-state index in [1.165, 1.54) is 12.1 Å². The SMILES string of the molecule is C=CC1=C(C=C)[C@H](c2ccc(F)cc2)N(C=O)CC1.C[C@H]1CCC(CO)CO1. The zero-order chi connectivity index (χ0) is 20.5. The second-order valence-corrected chi connectivity index (χ2v) is 7.21. The molecule has 2 heterocycles. The standard InChI is InChI=1S/C16H16FNO.C7H14O2/c1-3-12-9-10-18(11-19)16(15(12)4-2)13-5-7-14(17)8-6-13;1-6-2-3-7(4-8)5-9-6/h3-8,11,16H,1-2,9-10H2;6-8H,2-5H2,1H3/t16-;6-,7?/m00/s1. The lowest BCUT2D eigenvalue weighted by molar-refractivity contribution is -0.119. The lowest BCUT2D eigenvalue weighted by Crippen LogP contribution is -2.33. The minimum absolute atomic E-state index is 0.211. The maximum absolute atomic E-state index is 13.0. The Hall–Kier alpha value is -2.24. The number of hydrogen-bond acceptors (Lipinski definition) is 3. The number of nitrogens with zero attached hydrogens (tertiary/aromatic N) is 1. The van der Waals surface area contributed by atoms with Gasteiger partial charge < -0.3 is 14.7 Å². The minimum atomic E-state index is -0.287. The number of hydrogen-bond donors (Lipinski definition) is 1. The van der Waals surface area contributed by atoms with Gasteiger partial charge in [0.25, 0.3) is 0 Å². The fourth-order valence-corrected chi connectivity index (χ4v) is 3.55. The molecule has 1 aromatic rings. The average molecular weight is 387 g/mol. The van der Waals surface area contributed by atoms with E-state index in [0.29, 0.717) is 18.6 Å². The number of halogens is 1. The van der Waals surface area contributed by atoms with Gasteiger partial charge in [0.1, 0.15) is 5.82 Å². The van der Waals surface area contributed by atoms with Gasteiger partial charge in [0.15, 0.2) is 0 Å². The van der Waals surface area contributed by atoms with Crippen LogP contribution in [-0.4, -0.2) is 42.3 Å². The second-order valence-electron chi connectivity index (χ2n) is 7.21. The molecule has 0 aromatic heterocycles. The highest BCUT2D eigenvalue weighted by molar-refractivity contribution is 5.55. The summed E-state index contributed by atoms with van der Waals surface area (Å²) in [5.41, 5.74) is 2.92. The molecule has 0 bridgehead atoms. The van der Waals surface area contributed by atoms with Gasteiger partial charge in [-0.15, -0.1) is 0 Å². The van der Waals surface area contributed by atoms with Crippen molar-refractivity contribution in [3.63, 3.8) is 0 Å². The highest BCUT2D eigenvalue weighted by Crippen LogP contribution is 2.35. The van der Waals surface area contributed by atoms with E-state index in [9.17, 15) is 9.18 Å². The quantitative estimate of drug-likeness (QED) is 0.771. The van der Waals surface area contributed by atoms with Crippen molar-refractivity contribution in [2.45, 2.75) is 38.3 Å². The lowest BCUT2D eigenvalue weighted by Gasteiger charge is -2.35. The molecule has 3 rings (SSSR count). The van der Waals surface area contributed by atoms with E-state index >= 15 is 0 Å². The number of allylic oxidation sites excluding steroid dienone is 1. The molecule has 1 fully saturated rings. The molecule has 1 amide bonds. The molecule has 0 radical (unpaired) electrons. The van der Waals surface area contributed by atoms with Crippen LogP contribution in [0.1, 0.15) is 37.8 Å². The Morgan fingerprint density at radius 1 is 1.25 bits per heavy atom. The maximum atomic E-state index is 13.0. The van der Waals surface area contributed by atoms with Gasteiger partial charge in [-0.2, -0.15) is 0 Å². The van der Waals surface area contributed by atoms with Gasteiger partial charge >= 0.3 is 0 Å². The van der Waals surface area contributed by atoms with Crippen LogP contribution in [0.2, 0.25) is 0 Å². The summed E-state index contributed by atoms with van der Waals surface area (Å²) in [6.07, 6.45) is 7.78. The summed E-state index contributed by atoms with van der Waals surface area (Å²) >= 11 is 0.